The summed E-state index contributed by atoms with van der Waals surface area (Å²) in [5.41, 5.74) is 5.87. The molecule has 148 valence electrons. The highest BCUT2D eigenvalue weighted by molar-refractivity contribution is 6.16. The number of hydrogen-bond acceptors (Lipinski definition) is 4. The number of amides is 2. The number of nitrogens with zero attached hydrogens (tertiary/aromatic N) is 1. The Bertz CT molecular complexity index is 1050. The van der Waals surface area contributed by atoms with Crippen LogP contribution < -0.4 is 5.73 Å². The van der Waals surface area contributed by atoms with Crippen molar-refractivity contribution in [2.24, 2.45) is 5.73 Å². The van der Waals surface area contributed by atoms with Crippen LogP contribution in [0, 0.1) is 0 Å². The largest absolute Gasteiger partial charge is 0.452 e. The molecule has 1 aliphatic heterocycles. The number of piperidine rings is 1. The molecule has 1 aliphatic rings. The van der Waals surface area contributed by atoms with Gasteiger partial charge in [-0.3, -0.25) is 9.59 Å². The van der Waals surface area contributed by atoms with Crippen LogP contribution in [-0.2, 0) is 14.3 Å². The Labute approximate surface area is 168 Å². The van der Waals surface area contributed by atoms with E-state index in [2.05, 4.69) is 0 Å². The van der Waals surface area contributed by atoms with Crippen LogP contribution in [0.25, 0.3) is 21.5 Å². The zero-order chi connectivity index (χ0) is 20.4. The molecule has 2 N–H and O–H groups in total. The smallest absolute Gasteiger partial charge is 0.339 e. The van der Waals surface area contributed by atoms with Crippen LogP contribution in [0.3, 0.4) is 0 Å². The molecular formula is C23H22N2O4. The van der Waals surface area contributed by atoms with Crippen molar-refractivity contribution < 1.29 is 19.1 Å². The molecule has 0 spiro atoms. The number of nitrogens with two attached hydrogens (primary N) is 1. The van der Waals surface area contributed by atoms with E-state index in [1.807, 2.05) is 54.6 Å². The van der Waals surface area contributed by atoms with Gasteiger partial charge in [-0.25, -0.2) is 4.79 Å². The first-order valence-corrected chi connectivity index (χ1v) is 9.72. The van der Waals surface area contributed by atoms with E-state index < -0.39 is 30.4 Å². The Morgan fingerprint density at radius 1 is 0.966 bits per heavy atom. The van der Waals surface area contributed by atoms with E-state index in [4.69, 9.17) is 10.5 Å². The summed E-state index contributed by atoms with van der Waals surface area (Å²) in [5.74, 6) is -1.48. The van der Waals surface area contributed by atoms with Crippen molar-refractivity contribution in [1.29, 1.82) is 0 Å². The topological polar surface area (TPSA) is 89.7 Å². The molecule has 29 heavy (non-hydrogen) atoms. The lowest BCUT2D eigenvalue weighted by atomic mass is 9.97. The van der Waals surface area contributed by atoms with Gasteiger partial charge in [-0.15, -0.1) is 0 Å². The van der Waals surface area contributed by atoms with E-state index in [9.17, 15) is 14.4 Å². The molecule has 1 saturated heterocycles. The fraction of sp³-hybridized carbons (Fsp3) is 0.261. The number of rotatable bonds is 4. The van der Waals surface area contributed by atoms with Gasteiger partial charge in [0.1, 0.15) is 6.04 Å². The molecule has 6 heteroatoms. The minimum atomic E-state index is -0.631. The van der Waals surface area contributed by atoms with E-state index in [-0.39, 0.29) is 0 Å². The van der Waals surface area contributed by atoms with Crippen molar-refractivity contribution >= 4 is 39.3 Å². The van der Waals surface area contributed by atoms with Gasteiger partial charge in [0.25, 0.3) is 5.91 Å². The van der Waals surface area contributed by atoms with Crippen molar-refractivity contribution in [2.75, 3.05) is 13.2 Å². The zero-order valence-corrected chi connectivity index (χ0v) is 16.0. The van der Waals surface area contributed by atoms with E-state index in [1.165, 1.54) is 4.90 Å². The molecule has 0 unspecified atom stereocenters. The lowest BCUT2D eigenvalue weighted by molar-refractivity contribution is -0.143. The molecule has 0 radical (unpaired) electrons. The van der Waals surface area contributed by atoms with Crippen molar-refractivity contribution in [3.8, 4) is 0 Å². The second-order valence-corrected chi connectivity index (χ2v) is 7.27. The van der Waals surface area contributed by atoms with Gasteiger partial charge in [0.2, 0.25) is 5.91 Å². The molecule has 4 rings (SSSR count). The Kier molecular flexibility index (Phi) is 5.16. The normalized spacial score (nSPS) is 16.7. The number of hydrogen-bond donors (Lipinski definition) is 1. The standard InChI is InChI=1S/C23H22N2O4/c24-22(27)19-11-5-6-12-25(19)20(26)14-29-23(28)21-17-9-3-1-7-15(17)13-16-8-2-4-10-18(16)21/h1-4,7-10,13,19H,5-6,11-12,14H2,(H2,24,27)/t19-/m1/s1. The number of benzene rings is 3. The summed E-state index contributed by atoms with van der Waals surface area (Å²) < 4.78 is 5.41. The Hall–Kier alpha value is -3.41. The maximum atomic E-state index is 13.0. The van der Waals surface area contributed by atoms with Gasteiger partial charge in [0.15, 0.2) is 6.61 Å². The molecule has 0 saturated carbocycles. The predicted octanol–water partition coefficient (Wildman–Crippen LogP) is 3.02. The first kappa shape index (κ1) is 18.9. The van der Waals surface area contributed by atoms with Crippen LogP contribution in [0.4, 0.5) is 0 Å². The lowest BCUT2D eigenvalue weighted by Gasteiger charge is -2.33. The number of carbonyl (C=O) groups is 3. The highest BCUT2D eigenvalue weighted by Crippen LogP contribution is 2.29. The Morgan fingerprint density at radius 2 is 1.59 bits per heavy atom. The molecule has 6 nitrogen and oxygen atoms in total. The Balaban J connectivity index is 1.60. The van der Waals surface area contributed by atoms with Crippen LogP contribution in [0.5, 0.6) is 0 Å². The first-order chi connectivity index (χ1) is 14.1. The van der Waals surface area contributed by atoms with Gasteiger partial charge in [-0.1, -0.05) is 48.5 Å². The molecule has 0 bridgehead atoms. The first-order valence-electron chi connectivity index (χ1n) is 9.72. The molecule has 0 aliphatic carbocycles. The second-order valence-electron chi connectivity index (χ2n) is 7.27. The monoisotopic (exact) mass is 390 g/mol. The molecule has 3 aromatic carbocycles. The van der Waals surface area contributed by atoms with E-state index >= 15 is 0 Å². The summed E-state index contributed by atoms with van der Waals surface area (Å²) in [5, 5.41) is 3.40. The van der Waals surface area contributed by atoms with Gasteiger partial charge >= 0.3 is 5.97 Å². The van der Waals surface area contributed by atoms with Crippen molar-refractivity contribution in [2.45, 2.75) is 25.3 Å². The van der Waals surface area contributed by atoms with Crippen LogP contribution in [0.1, 0.15) is 29.6 Å². The number of primary amides is 1. The molecular weight excluding hydrogens is 368 g/mol. The minimum absolute atomic E-state index is 0.397. The third-order valence-corrected chi connectivity index (χ3v) is 5.45. The van der Waals surface area contributed by atoms with Crippen LogP contribution in [0.2, 0.25) is 0 Å². The summed E-state index contributed by atoms with van der Waals surface area (Å²) in [4.78, 5) is 38.7. The number of ether oxygens (including phenoxy) is 1. The molecule has 1 atom stereocenters. The fourth-order valence-corrected chi connectivity index (χ4v) is 4.04. The number of fused-ring (bicyclic) bond motifs is 2. The van der Waals surface area contributed by atoms with Crippen LogP contribution >= 0.6 is 0 Å². The molecule has 3 aromatic rings. The fourth-order valence-electron chi connectivity index (χ4n) is 4.04. The average molecular weight is 390 g/mol. The van der Waals surface area contributed by atoms with E-state index in [1.54, 1.807) is 0 Å². The van der Waals surface area contributed by atoms with E-state index in [0.717, 1.165) is 34.4 Å². The van der Waals surface area contributed by atoms with Crippen molar-refractivity contribution in [3.05, 3.63) is 60.2 Å². The van der Waals surface area contributed by atoms with Gasteiger partial charge in [0, 0.05) is 6.54 Å². The third kappa shape index (κ3) is 3.66. The summed E-state index contributed by atoms with van der Waals surface area (Å²) in [6.07, 6.45) is 2.19. The quantitative estimate of drug-likeness (QED) is 0.548. The maximum absolute atomic E-state index is 13.0. The number of likely N-dealkylation sites (tertiary alicyclic amines) is 1. The van der Waals surface area contributed by atoms with Gasteiger partial charge in [-0.05, 0) is 46.9 Å². The third-order valence-electron chi connectivity index (χ3n) is 5.45. The molecule has 1 fully saturated rings. The van der Waals surface area contributed by atoms with Gasteiger partial charge < -0.3 is 15.4 Å². The summed E-state index contributed by atoms with van der Waals surface area (Å²) in [6.45, 7) is 0.0291. The highest BCUT2D eigenvalue weighted by atomic mass is 16.5. The lowest BCUT2D eigenvalue weighted by Crippen LogP contribution is -2.51. The molecule has 2 amide bonds. The van der Waals surface area contributed by atoms with Gasteiger partial charge in [-0.2, -0.15) is 0 Å². The second kappa shape index (κ2) is 7.91. The number of carbonyl (C=O) groups excluding carboxylic acids is 3. The average Bonchev–Trinajstić information content (AvgIpc) is 2.75. The van der Waals surface area contributed by atoms with E-state index in [0.29, 0.717) is 18.5 Å². The molecule has 0 aromatic heterocycles. The summed E-state index contributed by atoms with van der Waals surface area (Å²) in [7, 11) is 0. The predicted molar refractivity (Wildman–Crippen MR) is 110 cm³/mol. The summed E-state index contributed by atoms with van der Waals surface area (Å²) in [6, 6.07) is 16.6. The van der Waals surface area contributed by atoms with Crippen molar-refractivity contribution in [1.82, 2.24) is 4.90 Å². The van der Waals surface area contributed by atoms with Crippen LogP contribution in [0.15, 0.2) is 54.6 Å². The SMILES string of the molecule is NC(=O)[C@H]1CCCCN1C(=O)COC(=O)c1c2ccccc2cc2ccccc12. The number of esters is 1. The summed E-state index contributed by atoms with van der Waals surface area (Å²) >= 11 is 0. The molecule has 1 heterocycles. The van der Waals surface area contributed by atoms with Gasteiger partial charge in [0.05, 0.1) is 5.56 Å². The zero-order valence-electron chi connectivity index (χ0n) is 16.0. The van der Waals surface area contributed by atoms with Crippen LogP contribution in [-0.4, -0.2) is 41.9 Å². The highest BCUT2D eigenvalue weighted by Gasteiger charge is 2.31. The van der Waals surface area contributed by atoms with Crippen molar-refractivity contribution in [3.63, 3.8) is 0 Å². The minimum Gasteiger partial charge on any atom is -0.452 e. The Morgan fingerprint density at radius 3 is 2.21 bits per heavy atom. The maximum Gasteiger partial charge on any atom is 0.339 e.